The molecule has 0 aromatic heterocycles. The van der Waals surface area contributed by atoms with Crippen LogP contribution in [0.25, 0.3) is 0 Å². The van der Waals surface area contributed by atoms with Gasteiger partial charge < -0.3 is 16.2 Å². The number of hydrogen-bond donors (Lipinski definition) is 3. The van der Waals surface area contributed by atoms with Crippen LogP contribution in [0.15, 0.2) is 0 Å². The minimum absolute atomic E-state index is 0.211. The van der Waals surface area contributed by atoms with E-state index in [-0.39, 0.29) is 11.0 Å². The molecule has 0 aromatic carbocycles. The Kier molecular flexibility index (Phi) is 4.52. The summed E-state index contributed by atoms with van der Waals surface area (Å²) in [6.07, 6.45) is 0.534. The molecule has 0 aliphatic rings. The van der Waals surface area contributed by atoms with Crippen molar-refractivity contribution < 1.29 is 9.90 Å². The third kappa shape index (κ3) is 5.60. The highest BCUT2D eigenvalue weighted by Crippen LogP contribution is 1.98. The minimum Gasteiger partial charge on any atom is -0.481 e. The van der Waals surface area contributed by atoms with Gasteiger partial charge in [0.15, 0.2) is 5.11 Å². The minimum atomic E-state index is -0.797. The van der Waals surface area contributed by atoms with Gasteiger partial charge in [0.05, 0.1) is 5.92 Å². The van der Waals surface area contributed by atoms with Gasteiger partial charge in [-0.25, -0.2) is 0 Å². The number of nitrogens with one attached hydrogen (secondary N) is 1. The lowest BCUT2D eigenvalue weighted by molar-refractivity contribution is -0.141. The van der Waals surface area contributed by atoms with Crippen LogP contribution in [-0.4, -0.2) is 22.7 Å². The lowest BCUT2D eigenvalue weighted by Gasteiger charge is -2.06. The number of nitrogens with two attached hydrogens (primary N) is 1. The number of thiocarbonyl (C=S) groups is 1. The first-order valence-electron chi connectivity index (χ1n) is 3.30. The van der Waals surface area contributed by atoms with E-state index in [1.807, 2.05) is 0 Å². The number of rotatable bonds is 4. The fraction of sp³-hybridized carbons (Fsp3) is 0.667. The van der Waals surface area contributed by atoms with Crippen LogP contribution in [0.3, 0.4) is 0 Å². The molecule has 0 saturated heterocycles. The van der Waals surface area contributed by atoms with Crippen molar-refractivity contribution >= 4 is 23.3 Å². The molecule has 0 saturated carbocycles. The van der Waals surface area contributed by atoms with Gasteiger partial charge in [0.1, 0.15) is 0 Å². The van der Waals surface area contributed by atoms with Crippen LogP contribution < -0.4 is 11.1 Å². The first-order chi connectivity index (χ1) is 5.04. The second-order valence-corrected chi connectivity index (χ2v) is 2.76. The van der Waals surface area contributed by atoms with E-state index in [2.05, 4.69) is 17.5 Å². The molecule has 4 N–H and O–H groups in total. The van der Waals surface area contributed by atoms with Crippen LogP contribution in [0.5, 0.6) is 0 Å². The summed E-state index contributed by atoms with van der Waals surface area (Å²) in [4.78, 5) is 10.3. The van der Waals surface area contributed by atoms with Crippen LogP contribution >= 0.6 is 12.2 Å². The van der Waals surface area contributed by atoms with E-state index in [4.69, 9.17) is 10.8 Å². The molecule has 1 atom stereocenters. The lowest BCUT2D eigenvalue weighted by atomic mass is 10.1. The molecule has 0 heterocycles. The highest BCUT2D eigenvalue weighted by atomic mass is 32.1. The largest absolute Gasteiger partial charge is 0.481 e. The zero-order chi connectivity index (χ0) is 8.85. The van der Waals surface area contributed by atoms with Crippen LogP contribution in [-0.2, 0) is 4.79 Å². The molecule has 0 rings (SSSR count). The Bertz CT molecular complexity index is 161. The topological polar surface area (TPSA) is 75.3 Å². The average Bonchev–Trinajstić information content (AvgIpc) is 1.86. The lowest BCUT2D eigenvalue weighted by Crippen LogP contribution is -2.31. The number of carboxylic acid groups (broad SMARTS) is 1. The molecule has 0 aliphatic heterocycles. The molecule has 0 bridgehead atoms. The van der Waals surface area contributed by atoms with Crippen molar-refractivity contribution in [2.45, 2.75) is 13.3 Å². The molecular formula is C6H12N2O2S. The molecule has 4 nitrogen and oxygen atoms in total. The van der Waals surface area contributed by atoms with Gasteiger partial charge in [-0.2, -0.15) is 0 Å². The molecule has 0 spiro atoms. The number of carboxylic acids is 1. The van der Waals surface area contributed by atoms with E-state index in [9.17, 15) is 4.79 Å². The Morgan fingerprint density at radius 2 is 2.36 bits per heavy atom. The predicted octanol–water partition coefficient (Wildman–Crippen LogP) is -0.0696. The zero-order valence-corrected chi connectivity index (χ0v) is 7.15. The van der Waals surface area contributed by atoms with Gasteiger partial charge in [-0.05, 0) is 18.6 Å². The third-order valence-electron chi connectivity index (χ3n) is 1.30. The summed E-state index contributed by atoms with van der Waals surface area (Å²) in [5.41, 5.74) is 5.13. The van der Waals surface area contributed by atoms with Crippen molar-refractivity contribution in [3.8, 4) is 0 Å². The van der Waals surface area contributed by atoms with Crippen LogP contribution in [0.1, 0.15) is 13.3 Å². The molecule has 0 amide bonds. The van der Waals surface area contributed by atoms with Crippen molar-refractivity contribution in [1.82, 2.24) is 5.32 Å². The highest BCUT2D eigenvalue weighted by Gasteiger charge is 2.09. The van der Waals surface area contributed by atoms with Gasteiger partial charge in [0.2, 0.25) is 0 Å². The molecule has 64 valence electrons. The second-order valence-electron chi connectivity index (χ2n) is 2.32. The summed E-state index contributed by atoms with van der Waals surface area (Å²) >= 11 is 4.53. The molecule has 0 aromatic rings. The van der Waals surface area contributed by atoms with Crippen molar-refractivity contribution in [3.05, 3.63) is 0 Å². The predicted molar refractivity (Wildman–Crippen MR) is 46.2 cm³/mol. The fourth-order valence-electron chi connectivity index (χ4n) is 0.535. The molecule has 0 aliphatic carbocycles. The zero-order valence-electron chi connectivity index (χ0n) is 6.33. The fourth-order valence-corrected chi connectivity index (χ4v) is 0.637. The van der Waals surface area contributed by atoms with Crippen molar-refractivity contribution in [2.24, 2.45) is 11.7 Å². The first kappa shape index (κ1) is 10.2. The second kappa shape index (κ2) is 4.90. The van der Waals surface area contributed by atoms with Gasteiger partial charge in [0, 0.05) is 6.54 Å². The van der Waals surface area contributed by atoms with Crippen LogP contribution in [0.4, 0.5) is 0 Å². The highest BCUT2D eigenvalue weighted by molar-refractivity contribution is 7.80. The van der Waals surface area contributed by atoms with E-state index in [1.165, 1.54) is 0 Å². The summed E-state index contributed by atoms with van der Waals surface area (Å²) in [7, 11) is 0. The number of hydrogen-bond acceptors (Lipinski definition) is 2. The standard InChI is InChI=1S/C6H12N2O2S/c1-4(5(9)10)2-3-8-6(7)11/h4H,2-3H2,1H3,(H,9,10)(H3,7,8,11). The summed E-state index contributed by atoms with van der Waals surface area (Å²) in [5, 5.41) is 11.3. The Morgan fingerprint density at radius 3 is 2.73 bits per heavy atom. The van der Waals surface area contributed by atoms with Gasteiger partial charge in [-0.15, -0.1) is 0 Å². The maximum absolute atomic E-state index is 10.3. The summed E-state index contributed by atoms with van der Waals surface area (Å²) < 4.78 is 0. The molecule has 0 fully saturated rings. The first-order valence-corrected chi connectivity index (χ1v) is 3.71. The monoisotopic (exact) mass is 176 g/mol. The van der Waals surface area contributed by atoms with Crippen molar-refractivity contribution in [1.29, 1.82) is 0 Å². The summed E-state index contributed by atoms with van der Waals surface area (Å²) in [6.45, 7) is 2.16. The molecule has 5 heteroatoms. The molecule has 1 unspecified atom stereocenters. The summed E-state index contributed by atoms with van der Waals surface area (Å²) in [5.74, 6) is -1.15. The average molecular weight is 176 g/mol. The number of carbonyl (C=O) groups is 1. The van der Waals surface area contributed by atoms with E-state index in [1.54, 1.807) is 6.92 Å². The molecular weight excluding hydrogens is 164 g/mol. The smallest absolute Gasteiger partial charge is 0.306 e. The van der Waals surface area contributed by atoms with Crippen LogP contribution in [0, 0.1) is 5.92 Å². The SMILES string of the molecule is CC(CCNC(N)=S)C(=O)O. The van der Waals surface area contributed by atoms with E-state index < -0.39 is 5.97 Å². The van der Waals surface area contributed by atoms with Crippen molar-refractivity contribution in [2.75, 3.05) is 6.54 Å². The quantitative estimate of drug-likeness (QED) is 0.523. The van der Waals surface area contributed by atoms with E-state index in [0.29, 0.717) is 13.0 Å². The van der Waals surface area contributed by atoms with E-state index in [0.717, 1.165) is 0 Å². The third-order valence-corrected chi connectivity index (χ3v) is 1.44. The Hall–Kier alpha value is -0.840. The number of aliphatic carboxylic acids is 1. The Morgan fingerprint density at radius 1 is 1.82 bits per heavy atom. The Labute approximate surface area is 70.8 Å². The maximum Gasteiger partial charge on any atom is 0.306 e. The maximum atomic E-state index is 10.3. The van der Waals surface area contributed by atoms with Crippen molar-refractivity contribution in [3.63, 3.8) is 0 Å². The van der Waals surface area contributed by atoms with Gasteiger partial charge in [0.25, 0.3) is 0 Å². The van der Waals surface area contributed by atoms with Gasteiger partial charge in [-0.3, -0.25) is 4.79 Å². The van der Waals surface area contributed by atoms with Gasteiger partial charge >= 0.3 is 5.97 Å². The van der Waals surface area contributed by atoms with E-state index >= 15 is 0 Å². The molecule has 0 radical (unpaired) electrons. The van der Waals surface area contributed by atoms with Gasteiger partial charge in [-0.1, -0.05) is 6.92 Å². The van der Waals surface area contributed by atoms with Crippen LogP contribution in [0.2, 0.25) is 0 Å². The Balaban J connectivity index is 3.39. The summed E-state index contributed by atoms with van der Waals surface area (Å²) in [6, 6.07) is 0. The normalized spacial score (nSPS) is 12.1. The molecule has 11 heavy (non-hydrogen) atoms.